The molecule has 0 aliphatic heterocycles. The Morgan fingerprint density at radius 3 is 2.89 bits per heavy atom. The van der Waals surface area contributed by atoms with E-state index in [1.54, 1.807) is 18.6 Å². The molecule has 1 saturated carbocycles. The zero-order valence-corrected chi connectivity index (χ0v) is 11.4. The van der Waals surface area contributed by atoms with Crippen molar-refractivity contribution >= 4 is 17.7 Å². The summed E-state index contributed by atoms with van der Waals surface area (Å²) in [6, 6.07) is 0. The lowest BCUT2D eigenvalue weighted by Crippen LogP contribution is -2.55. The molecule has 0 spiro atoms. The second-order valence-electron chi connectivity index (χ2n) is 4.32. The van der Waals surface area contributed by atoms with Gasteiger partial charge in [0.15, 0.2) is 0 Å². The molecule has 0 bridgehead atoms. The van der Waals surface area contributed by atoms with Crippen LogP contribution in [0.4, 0.5) is 0 Å². The number of nitrogens with zero attached hydrogens (tertiary/aromatic N) is 2. The molecule has 1 aromatic rings. The summed E-state index contributed by atoms with van der Waals surface area (Å²) in [7, 11) is 3.25. The van der Waals surface area contributed by atoms with Crippen LogP contribution in [-0.2, 0) is 9.53 Å². The molecule has 1 N–H and O–H groups in total. The van der Waals surface area contributed by atoms with Crippen molar-refractivity contribution in [2.24, 2.45) is 5.92 Å². The maximum Gasteiger partial charge on any atom is 0.327 e. The largest absolute Gasteiger partial charge is 0.468 e. The molecule has 0 saturated heterocycles. The first-order valence-corrected chi connectivity index (χ1v) is 6.87. The van der Waals surface area contributed by atoms with Crippen LogP contribution in [0.3, 0.4) is 0 Å². The molecule has 0 amide bonds. The molecule has 1 unspecified atom stereocenters. The zero-order valence-electron chi connectivity index (χ0n) is 10.5. The van der Waals surface area contributed by atoms with Crippen LogP contribution < -0.4 is 5.32 Å². The third-order valence-electron chi connectivity index (χ3n) is 3.26. The van der Waals surface area contributed by atoms with Crippen molar-refractivity contribution in [1.82, 2.24) is 15.3 Å². The monoisotopic (exact) mass is 267 g/mol. The molecular weight excluding hydrogens is 250 g/mol. The van der Waals surface area contributed by atoms with E-state index in [1.807, 2.05) is 7.05 Å². The fourth-order valence-corrected chi connectivity index (χ4v) is 3.17. The number of rotatable bonds is 6. The van der Waals surface area contributed by atoms with Crippen molar-refractivity contribution < 1.29 is 9.53 Å². The van der Waals surface area contributed by atoms with Gasteiger partial charge >= 0.3 is 5.97 Å². The van der Waals surface area contributed by atoms with E-state index >= 15 is 0 Å². The Hall–Kier alpha value is -1.14. The van der Waals surface area contributed by atoms with Crippen LogP contribution in [-0.4, -0.2) is 41.4 Å². The number of esters is 1. The lowest BCUT2D eigenvalue weighted by atomic mass is 9.96. The summed E-state index contributed by atoms with van der Waals surface area (Å²) >= 11 is 1.53. The highest BCUT2D eigenvalue weighted by atomic mass is 32.2. The Kier molecular flexibility index (Phi) is 4.19. The Balaban J connectivity index is 2.08. The summed E-state index contributed by atoms with van der Waals surface area (Å²) in [5, 5.41) is 3.98. The van der Waals surface area contributed by atoms with E-state index in [4.69, 9.17) is 4.74 Å². The van der Waals surface area contributed by atoms with Crippen LogP contribution in [0.2, 0.25) is 0 Å². The summed E-state index contributed by atoms with van der Waals surface area (Å²) in [5.41, 5.74) is -0.600. The molecule has 1 fully saturated rings. The second-order valence-corrected chi connectivity index (χ2v) is 5.32. The second kappa shape index (κ2) is 5.67. The maximum absolute atomic E-state index is 12.0. The fourth-order valence-electron chi connectivity index (χ4n) is 2.03. The van der Waals surface area contributed by atoms with Crippen LogP contribution in [0.25, 0.3) is 0 Å². The Morgan fingerprint density at radius 2 is 2.39 bits per heavy atom. The summed E-state index contributed by atoms with van der Waals surface area (Å²) in [6.07, 6.45) is 7.12. The van der Waals surface area contributed by atoms with Gasteiger partial charge in [0.2, 0.25) is 0 Å². The van der Waals surface area contributed by atoms with Gasteiger partial charge in [-0.05, 0) is 25.8 Å². The van der Waals surface area contributed by atoms with E-state index < -0.39 is 5.54 Å². The van der Waals surface area contributed by atoms with Gasteiger partial charge in [-0.25, -0.2) is 4.98 Å². The molecule has 0 aromatic carbocycles. The summed E-state index contributed by atoms with van der Waals surface area (Å²) in [4.78, 5) is 20.3. The minimum atomic E-state index is -0.600. The van der Waals surface area contributed by atoms with Crippen LogP contribution in [0, 0.1) is 5.92 Å². The molecule has 5 nitrogen and oxygen atoms in total. The van der Waals surface area contributed by atoms with Gasteiger partial charge in [0, 0.05) is 18.1 Å². The van der Waals surface area contributed by atoms with Gasteiger partial charge in [-0.1, -0.05) is 0 Å². The molecule has 1 atom stereocenters. The highest BCUT2D eigenvalue weighted by Gasteiger charge is 2.50. The van der Waals surface area contributed by atoms with E-state index in [-0.39, 0.29) is 5.97 Å². The van der Waals surface area contributed by atoms with Gasteiger partial charge in [-0.3, -0.25) is 9.78 Å². The minimum absolute atomic E-state index is 0.191. The predicted octanol–water partition coefficient (Wildman–Crippen LogP) is 1.11. The normalized spacial score (nSPS) is 18.1. The molecule has 1 aliphatic carbocycles. The average molecular weight is 267 g/mol. The fraction of sp³-hybridized carbons (Fsp3) is 0.583. The number of aromatic nitrogens is 2. The topological polar surface area (TPSA) is 64.1 Å². The van der Waals surface area contributed by atoms with Crippen LogP contribution in [0.5, 0.6) is 0 Å². The van der Waals surface area contributed by atoms with Gasteiger partial charge in [-0.2, -0.15) is 0 Å². The number of carbonyl (C=O) groups is 1. The zero-order chi connectivity index (χ0) is 13.0. The SMILES string of the molecule is CNC(CSc1cnccn1)(C(=O)OC)C1CC1. The van der Waals surface area contributed by atoms with E-state index in [0.29, 0.717) is 11.7 Å². The molecule has 1 aliphatic rings. The molecule has 0 radical (unpaired) electrons. The molecular formula is C12H17N3O2S. The summed E-state index contributed by atoms with van der Waals surface area (Å²) in [5.74, 6) is 0.780. The third kappa shape index (κ3) is 2.64. The number of nitrogens with one attached hydrogen (secondary N) is 1. The molecule has 6 heteroatoms. The van der Waals surface area contributed by atoms with E-state index in [2.05, 4.69) is 15.3 Å². The van der Waals surface area contributed by atoms with Gasteiger partial charge in [-0.15, -0.1) is 11.8 Å². The Labute approximate surface area is 111 Å². The van der Waals surface area contributed by atoms with Crippen molar-refractivity contribution in [2.45, 2.75) is 23.4 Å². The minimum Gasteiger partial charge on any atom is -0.468 e. The number of thioether (sulfide) groups is 1. The number of likely N-dealkylation sites (N-methyl/N-ethyl adjacent to an activating group) is 1. The summed E-state index contributed by atoms with van der Waals surface area (Å²) < 4.78 is 4.95. The van der Waals surface area contributed by atoms with E-state index in [0.717, 1.165) is 17.9 Å². The van der Waals surface area contributed by atoms with Crippen molar-refractivity contribution in [3.63, 3.8) is 0 Å². The molecule has 1 aromatic heterocycles. The highest BCUT2D eigenvalue weighted by Crippen LogP contribution is 2.42. The number of hydrogen-bond donors (Lipinski definition) is 1. The molecule has 98 valence electrons. The lowest BCUT2D eigenvalue weighted by molar-refractivity contribution is -0.148. The Bertz CT molecular complexity index is 411. The first-order chi connectivity index (χ1) is 8.73. The van der Waals surface area contributed by atoms with Crippen molar-refractivity contribution in [3.8, 4) is 0 Å². The van der Waals surface area contributed by atoms with Gasteiger partial charge in [0.1, 0.15) is 10.6 Å². The predicted molar refractivity (Wildman–Crippen MR) is 69.3 cm³/mol. The van der Waals surface area contributed by atoms with Crippen molar-refractivity contribution in [3.05, 3.63) is 18.6 Å². The molecule has 1 heterocycles. The number of carbonyl (C=O) groups excluding carboxylic acids is 1. The number of methoxy groups -OCH3 is 1. The van der Waals surface area contributed by atoms with E-state index in [9.17, 15) is 4.79 Å². The molecule has 2 rings (SSSR count). The number of hydrogen-bond acceptors (Lipinski definition) is 6. The van der Waals surface area contributed by atoms with Crippen LogP contribution >= 0.6 is 11.8 Å². The highest BCUT2D eigenvalue weighted by molar-refractivity contribution is 7.99. The van der Waals surface area contributed by atoms with Gasteiger partial charge < -0.3 is 10.1 Å². The Morgan fingerprint density at radius 1 is 1.61 bits per heavy atom. The van der Waals surface area contributed by atoms with Crippen LogP contribution in [0.1, 0.15) is 12.8 Å². The van der Waals surface area contributed by atoms with E-state index in [1.165, 1.54) is 18.9 Å². The number of ether oxygens (including phenoxy) is 1. The first kappa shape index (κ1) is 13.3. The first-order valence-electron chi connectivity index (χ1n) is 5.89. The maximum atomic E-state index is 12.0. The van der Waals surface area contributed by atoms with Crippen LogP contribution in [0.15, 0.2) is 23.6 Å². The van der Waals surface area contributed by atoms with Gasteiger partial charge in [0.25, 0.3) is 0 Å². The standard InChI is InChI=1S/C12H17N3O2S/c1-13-12(9-3-4-9,11(16)17-2)8-18-10-7-14-5-6-15-10/h5-7,9,13H,3-4,8H2,1-2H3. The summed E-state index contributed by atoms with van der Waals surface area (Å²) in [6.45, 7) is 0. The smallest absolute Gasteiger partial charge is 0.327 e. The average Bonchev–Trinajstić information content (AvgIpc) is 3.26. The van der Waals surface area contributed by atoms with Crippen molar-refractivity contribution in [1.29, 1.82) is 0 Å². The molecule has 18 heavy (non-hydrogen) atoms. The van der Waals surface area contributed by atoms with Crippen molar-refractivity contribution in [2.75, 3.05) is 19.9 Å². The lowest BCUT2D eigenvalue weighted by Gasteiger charge is -2.30. The van der Waals surface area contributed by atoms with Gasteiger partial charge in [0.05, 0.1) is 13.3 Å². The third-order valence-corrected chi connectivity index (χ3v) is 4.36. The quantitative estimate of drug-likeness (QED) is 0.615.